The molecule has 0 bridgehead atoms. The van der Waals surface area contributed by atoms with E-state index in [-0.39, 0.29) is 6.10 Å². The first-order valence-corrected chi connectivity index (χ1v) is 2.84. The molecule has 0 aromatic heterocycles. The monoisotopic (exact) mass is 130 g/mol. The lowest BCUT2D eigenvalue weighted by molar-refractivity contribution is -0.0135. The maximum absolute atomic E-state index is 5.09. The maximum atomic E-state index is 5.09. The van der Waals surface area contributed by atoms with Crippen molar-refractivity contribution in [3.63, 3.8) is 0 Å². The summed E-state index contributed by atoms with van der Waals surface area (Å²) in [4.78, 5) is 0. The van der Waals surface area contributed by atoms with Gasteiger partial charge in [0.05, 0.1) is 6.61 Å². The van der Waals surface area contributed by atoms with Gasteiger partial charge in [-0.3, -0.25) is 0 Å². The molecule has 3 heteroatoms. The molecule has 9 heavy (non-hydrogen) atoms. The molecule has 0 amide bonds. The fraction of sp³-hybridized carbons (Fsp3) is 0.667. The second-order valence-electron chi connectivity index (χ2n) is 1.82. The van der Waals surface area contributed by atoms with Crippen molar-refractivity contribution in [2.24, 2.45) is 0 Å². The minimum Gasteiger partial charge on any atom is -0.494 e. The van der Waals surface area contributed by atoms with Crippen molar-refractivity contribution < 1.29 is 14.2 Å². The molecule has 1 aliphatic rings. The first-order chi connectivity index (χ1) is 4.43. The molecule has 3 nitrogen and oxygen atoms in total. The quantitative estimate of drug-likeness (QED) is 0.545. The number of rotatable bonds is 2. The molecule has 1 aliphatic heterocycles. The molecule has 0 aromatic rings. The van der Waals surface area contributed by atoms with Crippen LogP contribution < -0.4 is 0 Å². The van der Waals surface area contributed by atoms with Crippen molar-refractivity contribution in [1.29, 1.82) is 0 Å². The van der Waals surface area contributed by atoms with Crippen LogP contribution in [0.1, 0.15) is 0 Å². The van der Waals surface area contributed by atoms with E-state index in [1.165, 1.54) is 12.5 Å². The van der Waals surface area contributed by atoms with Crippen LogP contribution in [0.3, 0.4) is 0 Å². The standard InChI is InChI=1S/C6H10O3/c1-7-4-6-5-8-2-3-9-6/h2-3,6H,4-5H2,1H3. The van der Waals surface area contributed by atoms with Crippen LogP contribution in [-0.2, 0) is 14.2 Å². The van der Waals surface area contributed by atoms with Crippen LogP contribution in [-0.4, -0.2) is 26.4 Å². The minimum atomic E-state index is 0.0694. The van der Waals surface area contributed by atoms with Crippen LogP contribution in [0, 0.1) is 0 Å². The Labute approximate surface area is 54.2 Å². The highest BCUT2D eigenvalue weighted by atomic mass is 16.6. The highest BCUT2D eigenvalue weighted by Gasteiger charge is 2.09. The van der Waals surface area contributed by atoms with Gasteiger partial charge in [0.25, 0.3) is 0 Å². The highest BCUT2D eigenvalue weighted by Crippen LogP contribution is 2.00. The first-order valence-electron chi connectivity index (χ1n) is 2.84. The van der Waals surface area contributed by atoms with Crippen LogP contribution in [0.4, 0.5) is 0 Å². The predicted molar refractivity (Wildman–Crippen MR) is 31.8 cm³/mol. The van der Waals surface area contributed by atoms with E-state index in [1.807, 2.05) is 0 Å². The zero-order chi connectivity index (χ0) is 6.53. The Morgan fingerprint density at radius 1 is 1.67 bits per heavy atom. The molecule has 52 valence electrons. The highest BCUT2D eigenvalue weighted by molar-refractivity contribution is 4.72. The second kappa shape index (κ2) is 3.35. The van der Waals surface area contributed by atoms with Crippen molar-refractivity contribution in [2.75, 3.05) is 20.3 Å². The maximum Gasteiger partial charge on any atom is 0.155 e. The molecule has 1 heterocycles. The number of methoxy groups -OCH3 is 1. The molecular formula is C6H10O3. The Hall–Kier alpha value is -0.700. The summed E-state index contributed by atoms with van der Waals surface area (Å²) in [5.41, 5.74) is 0. The largest absolute Gasteiger partial charge is 0.494 e. The van der Waals surface area contributed by atoms with Gasteiger partial charge in [-0.25, -0.2) is 0 Å². The SMILES string of the molecule is COCC1COC=CO1. The molecule has 0 saturated heterocycles. The Balaban J connectivity index is 2.18. The van der Waals surface area contributed by atoms with Gasteiger partial charge in [-0.1, -0.05) is 0 Å². The summed E-state index contributed by atoms with van der Waals surface area (Å²) in [5.74, 6) is 0. The Morgan fingerprint density at radius 2 is 2.56 bits per heavy atom. The summed E-state index contributed by atoms with van der Waals surface area (Å²) >= 11 is 0. The van der Waals surface area contributed by atoms with Crippen LogP contribution in [0.5, 0.6) is 0 Å². The number of ether oxygens (including phenoxy) is 3. The first kappa shape index (κ1) is 6.42. The average molecular weight is 130 g/mol. The predicted octanol–water partition coefficient (Wildman–Crippen LogP) is 0.519. The Kier molecular flexibility index (Phi) is 2.39. The topological polar surface area (TPSA) is 27.7 Å². The Morgan fingerprint density at radius 3 is 3.11 bits per heavy atom. The molecule has 0 N–H and O–H groups in total. The summed E-state index contributed by atoms with van der Waals surface area (Å²) < 4.78 is 14.9. The van der Waals surface area contributed by atoms with Gasteiger partial charge in [-0.2, -0.15) is 0 Å². The smallest absolute Gasteiger partial charge is 0.155 e. The number of hydrogen-bond donors (Lipinski definition) is 0. The summed E-state index contributed by atoms with van der Waals surface area (Å²) in [6.45, 7) is 1.18. The van der Waals surface area contributed by atoms with Gasteiger partial charge >= 0.3 is 0 Å². The van der Waals surface area contributed by atoms with Crippen molar-refractivity contribution >= 4 is 0 Å². The average Bonchev–Trinajstić information content (AvgIpc) is 1.91. The fourth-order valence-electron chi connectivity index (χ4n) is 0.658. The van der Waals surface area contributed by atoms with E-state index >= 15 is 0 Å². The van der Waals surface area contributed by atoms with E-state index in [0.29, 0.717) is 13.2 Å². The molecule has 0 spiro atoms. The van der Waals surface area contributed by atoms with Crippen molar-refractivity contribution in [3.8, 4) is 0 Å². The Bertz CT molecular complexity index is 100. The number of hydrogen-bond acceptors (Lipinski definition) is 3. The van der Waals surface area contributed by atoms with Gasteiger partial charge in [0.2, 0.25) is 0 Å². The summed E-state index contributed by atoms with van der Waals surface area (Å²) in [6.07, 6.45) is 3.14. The van der Waals surface area contributed by atoms with Crippen molar-refractivity contribution in [2.45, 2.75) is 6.10 Å². The van der Waals surface area contributed by atoms with Gasteiger partial charge in [-0.05, 0) is 0 Å². The van der Waals surface area contributed by atoms with Gasteiger partial charge in [0, 0.05) is 7.11 Å². The van der Waals surface area contributed by atoms with Crippen LogP contribution in [0.15, 0.2) is 12.5 Å². The van der Waals surface area contributed by atoms with Gasteiger partial charge < -0.3 is 14.2 Å². The van der Waals surface area contributed by atoms with Crippen LogP contribution >= 0.6 is 0 Å². The molecule has 1 atom stereocenters. The van der Waals surface area contributed by atoms with E-state index in [1.54, 1.807) is 7.11 Å². The minimum absolute atomic E-state index is 0.0694. The molecule has 1 unspecified atom stereocenters. The van der Waals surface area contributed by atoms with Crippen LogP contribution in [0.25, 0.3) is 0 Å². The fourth-order valence-corrected chi connectivity index (χ4v) is 0.658. The summed E-state index contributed by atoms with van der Waals surface area (Å²) in [6, 6.07) is 0. The molecule has 0 fully saturated rings. The second-order valence-corrected chi connectivity index (χ2v) is 1.82. The third-order valence-electron chi connectivity index (χ3n) is 1.06. The summed E-state index contributed by atoms with van der Waals surface area (Å²) in [7, 11) is 1.64. The van der Waals surface area contributed by atoms with E-state index in [4.69, 9.17) is 14.2 Å². The molecule has 0 saturated carbocycles. The zero-order valence-electron chi connectivity index (χ0n) is 5.37. The van der Waals surface area contributed by atoms with Crippen molar-refractivity contribution in [3.05, 3.63) is 12.5 Å². The van der Waals surface area contributed by atoms with E-state index in [9.17, 15) is 0 Å². The third kappa shape index (κ3) is 1.93. The van der Waals surface area contributed by atoms with Gasteiger partial charge in [-0.15, -0.1) is 0 Å². The van der Waals surface area contributed by atoms with Gasteiger partial charge in [0.1, 0.15) is 19.1 Å². The third-order valence-corrected chi connectivity index (χ3v) is 1.06. The molecule has 1 rings (SSSR count). The van der Waals surface area contributed by atoms with E-state index in [2.05, 4.69) is 0 Å². The molecular weight excluding hydrogens is 120 g/mol. The van der Waals surface area contributed by atoms with Gasteiger partial charge in [0.15, 0.2) is 6.10 Å². The lowest BCUT2D eigenvalue weighted by Gasteiger charge is -2.18. The van der Waals surface area contributed by atoms with Crippen LogP contribution in [0.2, 0.25) is 0 Å². The lowest BCUT2D eigenvalue weighted by Crippen LogP contribution is -2.24. The molecule has 0 aromatic carbocycles. The molecule has 0 radical (unpaired) electrons. The zero-order valence-corrected chi connectivity index (χ0v) is 5.37. The lowest BCUT2D eigenvalue weighted by atomic mass is 10.4. The van der Waals surface area contributed by atoms with E-state index < -0.39 is 0 Å². The van der Waals surface area contributed by atoms with Crippen molar-refractivity contribution in [1.82, 2.24) is 0 Å². The van der Waals surface area contributed by atoms with E-state index in [0.717, 1.165) is 0 Å². The summed E-state index contributed by atoms with van der Waals surface area (Å²) in [5, 5.41) is 0. The molecule has 0 aliphatic carbocycles. The normalized spacial score (nSPS) is 24.8.